The monoisotopic (exact) mass is 811 g/mol. The van der Waals surface area contributed by atoms with Gasteiger partial charge >= 0.3 is 5.76 Å². The van der Waals surface area contributed by atoms with Crippen molar-refractivity contribution in [1.29, 1.82) is 0 Å². The van der Waals surface area contributed by atoms with Crippen molar-refractivity contribution in [2.45, 2.75) is 106 Å². The van der Waals surface area contributed by atoms with Crippen LogP contribution in [0.3, 0.4) is 0 Å². The van der Waals surface area contributed by atoms with Crippen LogP contribution in [0.15, 0.2) is 40.4 Å². The highest BCUT2D eigenvalue weighted by molar-refractivity contribution is 7.91. The van der Waals surface area contributed by atoms with Gasteiger partial charge in [-0.1, -0.05) is 37.3 Å². The summed E-state index contributed by atoms with van der Waals surface area (Å²) in [6.45, 7) is 2.74. The molecule has 21 heteroatoms. The molecule has 1 aromatic heterocycles. The summed E-state index contributed by atoms with van der Waals surface area (Å²) in [6.07, 6.45) is 4.38. The molecule has 0 radical (unpaired) electrons. The molecule has 2 aliphatic heterocycles. The zero-order valence-corrected chi connectivity index (χ0v) is 31.8. The van der Waals surface area contributed by atoms with E-state index in [1.165, 1.54) is 24.7 Å². The van der Waals surface area contributed by atoms with Crippen LogP contribution < -0.4 is 11.1 Å². The molecule has 2 atom stereocenters. The topological polar surface area (TPSA) is 258 Å². The minimum absolute atomic E-state index is 0.0120. The van der Waals surface area contributed by atoms with Gasteiger partial charge in [0.1, 0.15) is 22.9 Å². The van der Waals surface area contributed by atoms with Gasteiger partial charge in [-0.2, -0.15) is 8.78 Å². The number of sulfone groups is 2. The minimum Gasteiger partial charge on any atom is -0.384 e. The van der Waals surface area contributed by atoms with Crippen molar-refractivity contribution in [2.24, 2.45) is 16.6 Å². The van der Waals surface area contributed by atoms with Crippen LogP contribution in [0.2, 0.25) is 0 Å². The maximum absolute atomic E-state index is 14.6. The van der Waals surface area contributed by atoms with Crippen molar-refractivity contribution >= 4 is 54.8 Å². The van der Waals surface area contributed by atoms with Crippen LogP contribution in [-0.4, -0.2) is 112 Å². The number of benzene rings is 1. The van der Waals surface area contributed by atoms with E-state index < -0.39 is 107 Å². The summed E-state index contributed by atoms with van der Waals surface area (Å²) >= 11 is 0. The molecule has 5 rings (SSSR count). The number of ketones is 1. The first kappa shape index (κ1) is 41.7. The first-order chi connectivity index (χ1) is 25.6. The number of nitrogens with zero attached hydrogens (tertiary/aromatic N) is 5. The molecule has 3 heterocycles. The number of aliphatic imine (C=N–C) groups is 1. The van der Waals surface area contributed by atoms with Gasteiger partial charge in [-0.3, -0.25) is 24.0 Å². The molecule has 4 N–H and O–H groups in total. The Balaban J connectivity index is 1.54. The van der Waals surface area contributed by atoms with Gasteiger partial charge < -0.3 is 21.1 Å². The molecule has 1 saturated carbocycles. The van der Waals surface area contributed by atoms with Crippen LogP contribution in [0.4, 0.5) is 8.78 Å². The quantitative estimate of drug-likeness (QED) is 0.201. The van der Waals surface area contributed by atoms with E-state index in [0.29, 0.717) is 12.8 Å². The number of aromatic nitrogens is 3. The predicted octanol–water partition coefficient (Wildman–Crippen LogP) is 1.01. The highest BCUT2D eigenvalue weighted by Crippen LogP contribution is 2.34. The van der Waals surface area contributed by atoms with Crippen LogP contribution in [0.5, 0.6) is 0 Å². The molecule has 2 aromatic rings. The van der Waals surface area contributed by atoms with E-state index in [-0.39, 0.29) is 42.3 Å². The molecule has 4 amide bonds. The van der Waals surface area contributed by atoms with Crippen molar-refractivity contribution in [3.63, 3.8) is 0 Å². The number of alkyl halides is 2. The predicted molar refractivity (Wildman–Crippen MR) is 190 cm³/mol. The number of rotatable bonds is 12. The molecular weight excluding hydrogens is 769 g/mol. The summed E-state index contributed by atoms with van der Waals surface area (Å²) in [5, 5.41) is 21.4. The van der Waals surface area contributed by atoms with E-state index in [4.69, 9.17) is 5.73 Å². The number of halogens is 2. The van der Waals surface area contributed by atoms with Crippen LogP contribution >= 0.6 is 0 Å². The zero-order chi connectivity index (χ0) is 40.5. The van der Waals surface area contributed by atoms with E-state index in [1.807, 2.05) is 0 Å². The molecular formula is C34H43F2N7O10S2. The van der Waals surface area contributed by atoms with E-state index in [2.05, 4.69) is 20.6 Å². The number of likely N-dealkylation sites (tertiary alicyclic amines) is 1. The maximum Gasteiger partial charge on any atom is 0.341 e. The highest BCUT2D eigenvalue weighted by Gasteiger charge is 2.50. The Morgan fingerprint density at radius 3 is 2.25 bits per heavy atom. The molecule has 17 nitrogen and oxygen atoms in total. The Bertz CT molecular complexity index is 2080. The highest BCUT2D eigenvalue weighted by atomic mass is 32.2. The molecule has 1 aliphatic carbocycles. The standard InChI is InChI=1S/C34H43F2N7O10S2/c1-33(2,49)26-18-38-41-43(26)22-17-25(30(47)40-34(27(44)28(37)45)12-14-54(50,51)15-13-34)42(19-22)31(48)24(16-20-6-4-3-5-7-20)39-29(46)21-8-10-23(11-9-21)55(52,53)32(35)36/h8-11,18,20,22,25,32,49H,3-7,12-17,19H2,1-2H3,(H2,37,45)(H,40,47)/t22-,25-/m0/s1. The van der Waals surface area contributed by atoms with Gasteiger partial charge in [-0.25, -0.2) is 26.5 Å². The molecule has 0 bridgehead atoms. The van der Waals surface area contributed by atoms with Crippen LogP contribution in [0, 0.1) is 5.92 Å². The summed E-state index contributed by atoms with van der Waals surface area (Å²) in [5.41, 5.74) is 1.68. The SMILES string of the molecule is CC(C)(O)c1cnnn1[C@H]1C[C@@H](C(=O)NC2(C(=O)C(N)=O)CCS(=O)(=O)CC2)N(C(=O)C(CC2CCCCC2)=NC(=O)c2ccc(S(=O)(=O)C(F)F)cc2)C1. The van der Waals surface area contributed by atoms with Crippen LogP contribution in [-0.2, 0) is 44.5 Å². The Morgan fingerprint density at radius 2 is 1.69 bits per heavy atom. The third-order valence-electron chi connectivity index (χ3n) is 10.4. The average Bonchev–Trinajstić information content (AvgIpc) is 3.81. The van der Waals surface area contributed by atoms with Crippen molar-refractivity contribution in [2.75, 3.05) is 18.1 Å². The van der Waals surface area contributed by atoms with E-state index in [0.717, 1.165) is 48.4 Å². The summed E-state index contributed by atoms with van der Waals surface area (Å²) in [7, 11) is -8.55. The maximum atomic E-state index is 14.6. The molecule has 300 valence electrons. The van der Waals surface area contributed by atoms with Crippen molar-refractivity contribution in [3.8, 4) is 0 Å². The minimum atomic E-state index is -4.95. The lowest BCUT2D eigenvalue weighted by Gasteiger charge is -2.37. The molecule has 0 unspecified atom stereocenters. The van der Waals surface area contributed by atoms with E-state index in [9.17, 15) is 54.7 Å². The summed E-state index contributed by atoms with van der Waals surface area (Å²) in [6, 6.07) is 1.45. The van der Waals surface area contributed by atoms with Gasteiger partial charge in [0.05, 0.1) is 34.3 Å². The van der Waals surface area contributed by atoms with E-state index in [1.54, 1.807) is 0 Å². The molecule has 3 aliphatic rings. The Morgan fingerprint density at radius 1 is 1.07 bits per heavy atom. The van der Waals surface area contributed by atoms with Gasteiger partial charge in [0.15, 0.2) is 9.84 Å². The first-order valence-electron chi connectivity index (χ1n) is 17.7. The first-order valence-corrected chi connectivity index (χ1v) is 21.1. The number of hydrogen-bond acceptors (Lipinski definition) is 12. The second kappa shape index (κ2) is 15.9. The fraction of sp³-hybridized carbons (Fsp3) is 0.588. The Hall–Kier alpha value is -4.50. The van der Waals surface area contributed by atoms with Crippen LogP contribution in [0.1, 0.15) is 93.7 Å². The second-order valence-corrected chi connectivity index (χ2v) is 19.0. The molecule has 1 aromatic carbocycles. The zero-order valence-electron chi connectivity index (χ0n) is 30.2. The number of nitrogens with one attached hydrogen (secondary N) is 1. The third kappa shape index (κ3) is 9.15. The van der Waals surface area contributed by atoms with Crippen molar-refractivity contribution < 1.29 is 54.7 Å². The van der Waals surface area contributed by atoms with Gasteiger partial charge in [0.2, 0.25) is 21.5 Å². The molecule has 0 spiro atoms. The van der Waals surface area contributed by atoms with Crippen molar-refractivity contribution in [1.82, 2.24) is 25.2 Å². The summed E-state index contributed by atoms with van der Waals surface area (Å²) in [5.74, 6) is -10.2. The fourth-order valence-corrected chi connectivity index (χ4v) is 9.60. The van der Waals surface area contributed by atoms with Gasteiger partial charge in [-0.05, 0) is 63.3 Å². The Kier molecular flexibility index (Phi) is 12.1. The number of amides is 4. The summed E-state index contributed by atoms with van der Waals surface area (Å²) in [4.78, 5) is 72.3. The van der Waals surface area contributed by atoms with Crippen LogP contribution in [0.25, 0.3) is 0 Å². The fourth-order valence-electron chi connectivity index (χ4n) is 7.35. The van der Waals surface area contributed by atoms with E-state index >= 15 is 0 Å². The smallest absolute Gasteiger partial charge is 0.341 e. The second-order valence-electron chi connectivity index (χ2n) is 14.8. The summed E-state index contributed by atoms with van der Waals surface area (Å²) < 4.78 is 76.0. The normalized spacial score (nSPS) is 22.0. The number of hydrogen-bond donors (Lipinski definition) is 3. The number of carbonyl (C=O) groups excluding carboxylic acids is 5. The molecule has 3 fully saturated rings. The average molecular weight is 812 g/mol. The third-order valence-corrected chi connectivity index (χ3v) is 13.5. The number of aliphatic hydroxyl groups is 1. The van der Waals surface area contributed by atoms with Gasteiger partial charge in [-0.15, -0.1) is 5.10 Å². The number of Topliss-reactive ketones (excluding diaryl/α,β-unsaturated/α-hetero) is 1. The molecule has 55 heavy (non-hydrogen) atoms. The number of primary amides is 1. The number of carbonyl (C=O) groups is 5. The van der Waals surface area contributed by atoms with Crippen molar-refractivity contribution in [3.05, 3.63) is 41.7 Å². The Labute approximate surface area is 315 Å². The largest absolute Gasteiger partial charge is 0.384 e. The van der Waals surface area contributed by atoms with Gasteiger partial charge in [0, 0.05) is 18.5 Å². The lowest BCUT2D eigenvalue weighted by Crippen LogP contribution is -2.64. The lowest BCUT2D eigenvalue weighted by atomic mass is 9.85. The number of nitrogens with two attached hydrogens (primary N) is 1. The van der Waals surface area contributed by atoms with Gasteiger partial charge in [0.25, 0.3) is 17.7 Å². The lowest BCUT2D eigenvalue weighted by molar-refractivity contribution is -0.143. The molecule has 2 saturated heterocycles.